The van der Waals surface area contributed by atoms with Crippen molar-refractivity contribution in [2.75, 3.05) is 26.2 Å². The van der Waals surface area contributed by atoms with Gasteiger partial charge in [0, 0.05) is 6.92 Å². The molecule has 7 heteroatoms. The predicted molar refractivity (Wildman–Crippen MR) is 68.8 cm³/mol. The van der Waals surface area contributed by atoms with Crippen molar-refractivity contribution in [3.63, 3.8) is 0 Å². The number of hydrogen-bond acceptors (Lipinski definition) is 4. The summed E-state index contributed by atoms with van der Waals surface area (Å²) < 4.78 is 26.4. The van der Waals surface area contributed by atoms with E-state index < -0.39 is 10.0 Å². The van der Waals surface area contributed by atoms with Gasteiger partial charge in [-0.2, -0.15) is 9.57 Å². The molecule has 1 fully saturated rings. The number of nitriles is 1. The Morgan fingerprint density at radius 1 is 1.50 bits per heavy atom. The molecular weight excluding hydrogens is 270 g/mol. The molecule has 98 valence electrons. The summed E-state index contributed by atoms with van der Waals surface area (Å²) in [7, 11) is -3.32. The molecule has 0 amide bonds. The zero-order valence-corrected chi connectivity index (χ0v) is 11.8. The highest BCUT2D eigenvalue weighted by atomic mass is 32.2. The topological polar surface area (TPSA) is 65.6 Å². The standard InChI is InChI=1S/C11H15N3O2S2/c1-10(9-12)13-4-6-14(7-5-13)18(15,16)11-3-2-8-17-11/h2-3,8,10H,4-7H2,1H3/p+1/t10-/m0/s1. The van der Waals surface area contributed by atoms with Crippen LogP contribution in [0.3, 0.4) is 0 Å². The summed E-state index contributed by atoms with van der Waals surface area (Å²) in [5, 5.41) is 10.6. The van der Waals surface area contributed by atoms with Gasteiger partial charge in [0.25, 0.3) is 10.0 Å². The van der Waals surface area contributed by atoms with Gasteiger partial charge in [-0.15, -0.1) is 11.3 Å². The molecule has 2 heterocycles. The molecule has 0 unspecified atom stereocenters. The van der Waals surface area contributed by atoms with Crippen LogP contribution < -0.4 is 4.90 Å². The van der Waals surface area contributed by atoms with Crippen molar-refractivity contribution >= 4 is 21.4 Å². The second-order valence-electron chi connectivity index (χ2n) is 4.35. The Hall–Kier alpha value is -0.940. The van der Waals surface area contributed by atoms with Crippen molar-refractivity contribution in [3.8, 4) is 6.07 Å². The lowest BCUT2D eigenvalue weighted by Gasteiger charge is -2.32. The average molecular weight is 286 g/mol. The second kappa shape index (κ2) is 5.36. The summed E-state index contributed by atoms with van der Waals surface area (Å²) in [5.41, 5.74) is 0. The Balaban J connectivity index is 2.05. The van der Waals surface area contributed by atoms with Crippen LogP contribution in [0.25, 0.3) is 0 Å². The molecule has 1 aromatic heterocycles. The first-order valence-electron chi connectivity index (χ1n) is 5.83. The number of quaternary nitrogens is 1. The van der Waals surface area contributed by atoms with Crippen molar-refractivity contribution in [2.45, 2.75) is 17.2 Å². The fourth-order valence-electron chi connectivity index (χ4n) is 2.08. The molecule has 2 rings (SSSR count). The molecule has 18 heavy (non-hydrogen) atoms. The fourth-order valence-corrected chi connectivity index (χ4v) is 4.66. The van der Waals surface area contributed by atoms with Crippen LogP contribution in [0.5, 0.6) is 0 Å². The molecule has 1 aliphatic heterocycles. The zero-order valence-electron chi connectivity index (χ0n) is 10.2. The number of sulfonamides is 1. The number of hydrogen-bond donors (Lipinski definition) is 1. The summed E-state index contributed by atoms with van der Waals surface area (Å²) in [6.07, 6.45) is 0. The first-order valence-corrected chi connectivity index (χ1v) is 8.15. The summed E-state index contributed by atoms with van der Waals surface area (Å²) >= 11 is 1.25. The summed E-state index contributed by atoms with van der Waals surface area (Å²) in [6, 6.07) is 5.52. The van der Waals surface area contributed by atoms with Gasteiger partial charge in [0.1, 0.15) is 10.3 Å². The van der Waals surface area contributed by atoms with Crippen LogP contribution in [0.4, 0.5) is 0 Å². The lowest BCUT2D eigenvalue weighted by Crippen LogP contribution is -3.17. The van der Waals surface area contributed by atoms with E-state index in [2.05, 4.69) is 6.07 Å². The SMILES string of the molecule is C[C@@H](C#N)[NH+]1CCN(S(=O)(=O)c2cccs2)CC1. The number of nitrogens with one attached hydrogen (secondary N) is 1. The van der Waals surface area contributed by atoms with E-state index in [1.807, 2.05) is 6.92 Å². The van der Waals surface area contributed by atoms with Crippen LogP contribution in [0.2, 0.25) is 0 Å². The van der Waals surface area contributed by atoms with Crippen LogP contribution >= 0.6 is 11.3 Å². The van der Waals surface area contributed by atoms with Gasteiger partial charge in [-0.3, -0.25) is 0 Å². The number of thiophene rings is 1. The predicted octanol–water partition coefficient (Wildman–Crippen LogP) is -0.451. The maximum Gasteiger partial charge on any atom is 0.252 e. The molecule has 0 aliphatic carbocycles. The Bertz CT molecular complexity index is 525. The van der Waals surface area contributed by atoms with Gasteiger partial charge in [-0.25, -0.2) is 8.42 Å². The van der Waals surface area contributed by atoms with E-state index >= 15 is 0 Å². The number of nitrogens with zero attached hydrogens (tertiary/aromatic N) is 2. The van der Waals surface area contributed by atoms with Crippen LogP contribution in [0.15, 0.2) is 21.7 Å². The Kier molecular flexibility index (Phi) is 4.02. The largest absolute Gasteiger partial charge is 0.319 e. The minimum absolute atomic E-state index is 0.0726. The average Bonchev–Trinajstić information content (AvgIpc) is 2.92. The monoisotopic (exact) mass is 286 g/mol. The fraction of sp³-hybridized carbons (Fsp3) is 0.545. The molecule has 0 saturated carbocycles. The van der Waals surface area contributed by atoms with Crippen molar-refractivity contribution < 1.29 is 13.3 Å². The van der Waals surface area contributed by atoms with Gasteiger partial charge >= 0.3 is 0 Å². The quantitative estimate of drug-likeness (QED) is 0.818. The molecule has 1 saturated heterocycles. The highest BCUT2D eigenvalue weighted by Crippen LogP contribution is 2.20. The highest BCUT2D eigenvalue weighted by molar-refractivity contribution is 7.91. The normalized spacial score (nSPS) is 20.4. The smallest absolute Gasteiger partial charge is 0.252 e. The summed E-state index contributed by atoms with van der Waals surface area (Å²) in [6.45, 7) is 4.24. The number of piperazine rings is 1. The molecule has 1 aromatic rings. The summed E-state index contributed by atoms with van der Waals surface area (Å²) in [4.78, 5) is 1.16. The van der Waals surface area contributed by atoms with Gasteiger partial charge < -0.3 is 4.90 Å². The molecule has 5 nitrogen and oxygen atoms in total. The maximum atomic E-state index is 12.3. The minimum atomic E-state index is -3.32. The molecule has 0 bridgehead atoms. The first-order chi connectivity index (χ1) is 8.55. The molecule has 0 aromatic carbocycles. The van der Waals surface area contributed by atoms with Crippen molar-refractivity contribution in [2.24, 2.45) is 0 Å². The van der Waals surface area contributed by atoms with E-state index in [0.29, 0.717) is 30.4 Å². The van der Waals surface area contributed by atoms with E-state index in [1.54, 1.807) is 17.5 Å². The van der Waals surface area contributed by atoms with Crippen LogP contribution in [-0.4, -0.2) is 44.9 Å². The van der Waals surface area contributed by atoms with Gasteiger partial charge in [0.05, 0.1) is 26.2 Å². The molecule has 1 atom stereocenters. The zero-order chi connectivity index (χ0) is 13.2. The third-order valence-corrected chi connectivity index (χ3v) is 6.53. The van der Waals surface area contributed by atoms with Gasteiger partial charge in [-0.05, 0) is 11.4 Å². The lowest BCUT2D eigenvalue weighted by molar-refractivity contribution is -0.918. The minimum Gasteiger partial charge on any atom is -0.319 e. The maximum absolute atomic E-state index is 12.3. The number of rotatable bonds is 3. The summed E-state index contributed by atoms with van der Waals surface area (Å²) in [5.74, 6) is 0. The van der Waals surface area contributed by atoms with Crippen LogP contribution in [0, 0.1) is 11.3 Å². The van der Waals surface area contributed by atoms with Gasteiger partial charge in [0.15, 0.2) is 6.04 Å². The third-order valence-electron chi connectivity index (χ3n) is 3.26. The van der Waals surface area contributed by atoms with Gasteiger partial charge in [-0.1, -0.05) is 6.07 Å². The van der Waals surface area contributed by atoms with Crippen LogP contribution in [0.1, 0.15) is 6.92 Å². The van der Waals surface area contributed by atoms with E-state index in [-0.39, 0.29) is 6.04 Å². The molecule has 1 aliphatic rings. The Labute approximate surface area is 111 Å². The van der Waals surface area contributed by atoms with Crippen molar-refractivity contribution in [3.05, 3.63) is 17.5 Å². The van der Waals surface area contributed by atoms with E-state index in [4.69, 9.17) is 5.26 Å². The van der Waals surface area contributed by atoms with E-state index in [1.165, 1.54) is 15.6 Å². The lowest BCUT2D eigenvalue weighted by atomic mass is 10.2. The first kappa shape index (κ1) is 13.5. The van der Waals surface area contributed by atoms with E-state index in [9.17, 15) is 8.42 Å². The molecule has 0 radical (unpaired) electrons. The highest BCUT2D eigenvalue weighted by Gasteiger charge is 2.32. The molecular formula is C11H16N3O2S2+. The van der Waals surface area contributed by atoms with Gasteiger partial charge in [0.2, 0.25) is 0 Å². The molecule has 0 spiro atoms. The Morgan fingerprint density at radius 2 is 2.17 bits per heavy atom. The second-order valence-corrected chi connectivity index (χ2v) is 7.46. The molecule has 1 N–H and O–H groups in total. The Morgan fingerprint density at radius 3 is 2.67 bits per heavy atom. The van der Waals surface area contributed by atoms with Crippen LogP contribution in [-0.2, 0) is 10.0 Å². The third kappa shape index (κ3) is 2.57. The van der Waals surface area contributed by atoms with Crippen molar-refractivity contribution in [1.82, 2.24) is 4.31 Å². The van der Waals surface area contributed by atoms with E-state index in [0.717, 1.165) is 4.90 Å². The van der Waals surface area contributed by atoms with Crippen molar-refractivity contribution in [1.29, 1.82) is 5.26 Å².